The molecule has 0 saturated heterocycles. The summed E-state index contributed by atoms with van der Waals surface area (Å²) in [6.07, 6.45) is -10.3. The third-order valence-electron chi connectivity index (χ3n) is 1.70. The lowest BCUT2D eigenvalue weighted by Crippen LogP contribution is -2.21. The number of aliphatic hydroxyl groups is 1. The number of hydrogen-bond donors (Lipinski definition) is 1. The quantitative estimate of drug-likeness (QED) is 0.788. The Morgan fingerprint density at radius 3 is 2.33 bits per heavy atom. The molecule has 1 atom stereocenters. The summed E-state index contributed by atoms with van der Waals surface area (Å²) in [5.74, 6) is 0. The van der Waals surface area contributed by atoms with Gasteiger partial charge in [-0.2, -0.15) is 18.3 Å². The first-order valence-corrected chi connectivity index (χ1v) is 3.80. The highest BCUT2D eigenvalue weighted by molar-refractivity contribution is 5.22. The molecule has 0 bridgehead atoms. The Labute approximate surface area is 81.1 Å². The summed E-state index contributed by atoms with van der Waals surface area (Å²) in [5, 5.41) is 11.9. The van der Waals surface area contributed by atoms with Crippen molar-refractivity contribution in [3.05, 3.63) is 17.5 Å². The lowest BCUT2D eigenvalue weighted by atomic mass is 10.1. The van der Waals surface area contributed by atoms with E-state index in [-0.39, 0.29) is 0 Å². The van der Waals surface area contributed by atoms with Crippen molar-refractivity contribution in [3.63, 3.8) is 0 Å². The number of halogens is 5. The van der Waals surface area contributed by atoms with Gasteiger partial charge in [0.2, 0.25) is 0 Å². The molecule has 1 N–H and O–H groups in total. The molecule has 1 unspecified atom stereocenters. The predicted molar refractivity (Wildman–Crippen MR) is 39.2 cm³/mol. The zero-order valence-electron chi connectivity index (χ0n) is 7.46. The van der Waals surface area contributed by atoms with Gasteiger partial charge in [-0.3, -0.25) is 4.68 Å². The lowest BCUT2D eigenvalue weighted by molar-refractivity contribution is -0.207. The van der Waals surface area contributed by atoms with E-state index in [4.69, 9.17) is 5.11 Å². The summed E-state index contributed by atoms with van der Waals surface area (Å²) in [5.41, 5.74) is -1.97. The highest BCUT2D eigenvalue weighted by Crippen LogP contribution is 2.36. The van der Waals surface area contributed by atoms with Crippen LogP contribution in [0.3, 0.4) is 0 Å². The number of aliphatic hydroxyl groups excluding tert-OH is 1. The molecule has 1 aromatic heterocycles. The van der Waals surface area contributed by atoms with Crippen molar-refractivity contribution in [1.29, 1.82) is 0 Å². The molecule has 0 saturated carbocycles. The van der Waals surface area contributed by atoms with Crippen molar-refractivity contribution < 1.29 is 27.1 Å². The first kappa shape index (κ1) is 11.9. The highest BCUT2D eigenvalue weighted by Gasteiger charge is 2.42. The molecule has 8 heteroatoms. The van der Waals surface area contributed by atoms with Gasteiger partial charge in [0, 0.05) is 18.8 Å². The van der Waals surface area contributed by atoms with Gasteiger partial charge in [-0.05, 0) is 0 Å². The molecular formula is C7H7F5N2O. The van der Waals surface area contributed by atoms with Crippen LogP contribution in [0.2, 0.25) is 0 Å². The largest absolute Gasteiger partial charge is 0.418 e. The minimum atomic E-state index is -4.98. The molecule has 0 aromatic carbocycles. The van der Waals surface area contributed by atoms with E-state index in [0.717, 1.165) is 10.9 Å². The average Bonchev–Trinajstić information content (AvgIpc) is 2.44. The van der Waals surface area contributed by atoms with E-state index in [0.29, 0.717) is 0 Å². The van der Waals surface area contributed by atoms with Gasteiger partial charge in [-0.1, -0.05) is 0 Å². The van der Waals surface area contributed by atoms with Gasteiger partial charge >= 0.3 is 6.18 Å². The van der Waals surface area contributed by atoms with Crippen LogP contribution in [-0.2, 0) is 7.05 Å². The maximum absolute atomic E-state index is 12.2. The molecule has 0 amide bonds. The lowest BCUT2D eigenvalue weighted by Gasteiger charge is -2.13. The zero-order valence-corrected chi connectivity index (χ0v) is 7.46. The van der Waals surface area contributed by atoms with Crippen LogP contribution in [0.1, 0.15) is 23.8 Å². The fraction of sp³-hybridized carbons (Fsp3) is 0.571. The molecule has 15 heavy (non-hydrogen) atoms. The number of nitrogens with zero attached hydrogens (tertiary/aromatic N) is 2. The van der Waals surface area contributed by atoms with Crippen molar-refractivity contribution >= 4 is 0 Å². The molecule has 0 radical (unpaired) electrons. The van der Waals surface area contributed by atoms with E-state index in [9.17, 15) is 22.0 Å². The van der Waals surface area contributed by atoms with Crippen LogP contribution in [0.25, 0.3) is 0 Å². The fourth-order valence-electron chi connectivity index (χ4n) is 1.08. The van der Waals surface area contributed by atoms with Crippen LogP contribution in [0.15, 0.2) is 6.20 Å². The van der Waals surface area contributed by atoms with E-state index in [1.807, 2.05) is 0 Å². The third kappa shape index (κ3) is 2.44. The number of aryl methyl sites for hydroxylation is 1. The first-order chi connectivity index (χ1) is 6.73. The van der Waals surface area contributed by atoms with Gasteiger partial charge in [0.05, 0.1) is 0 Å². The highest BCUT2D eigenvalue weighted by atomic mass is 19.4. The third-order valence-corrected chi connectivity index (χ3v) is 1.70. The van der Waals surface area contributed by atoms with E-state index < -0.39 is 30.0 Å². The Balaban J connectivity index is 3.13. The Morgan fingerprint density at radius 1 is 1.40 bits per heavy atom. The topological polar surface area (TPSA) is 38.0 Å². The van der Waals surface area contributed by atoms with Crippen molar-refractivity contribution in [2.75, 3.05) is 0 Å². The minimum absolute atomic E-state index is 0.722. The van der Waals surface area contributed by atoms with Gasteiger partial charge in [0.15, 0.2) is 6.10 Å². The number of aromatic nitrogens is 2. The van der Waals surface area contributed by atoms with Gasteiger partial charge in [0.25, 0.3) is 6.43 Å². The summed E-state index contributed by atoms with van der Waals surface area (Å²) in [7, 11) is 1.19. The monoisotopic (exact) mass is 230 g/mol. The smallest absolute Gasteiger partial charge is 0.379 e. The van der Waals surface area contributed by atoms with Crippen LogP contribution in [0, 0.1) is 0 Å². The van der Waals surface area contributed by atoms with E-state index >= 15 is 0 Å². The van der Waals surface area contributed by atoms with Crippen LogP contribution in [-0.4, -0.2) is 21.1 Å². The molecule has 3 nitrogen and oxygen atoms in total. The van der Waals surface area contributed by atoms with E-state index in [1.54, 1.807) is 0 Å². The maximum Gasteiger partial charge on any atom is 0.418 e. The average molecular weight is 230 g/mol. The molecule has 86 valence electrons. The van der Waals surface area contributed by atoms with Gasteiger partial charge in [-0.15, -0.1) is 0 Å². The molecule has 0 aliphatic heterocycles. The number of rotatable bonds is 2. The van der Waals surface area contributed by atoms with Crippen LogP contribution < -0.4 is 0 Å². The summed E-state index contributed by atoms with van der Waals surface area (Å²) in [6.45, 7) is 0. The van der Waals surface area contributed by atoms with Gasteiger partial charge in [-0.25, -0.2) is 8.78 Å². The Kier molecular flexibility index (Phi) is 2.98. The summed E-state index contributed by atoms with van der Waals surface area (Å²) < 4.78 is 61.4. The first-order valence-electron chi connectivity index (χ1n) is 3.80. The summed E-state index contributed by atoms with van der Waals surface area (Å²) in [6, 6.07) is 0. The molecule has 1 heterocycles. The molecule has 0 spiro atoms. The van der Waals surface area contributed by atoms with Crippen LogP contribution >= 0.6 is 0 Å². The molecule has 0 aliphatic rings. The Bertz CT molecular complexity index is 346. The SMILES string of the molecule is Cn1cc(C(O)C(F)(F)F)c(C(F)F)n1. The van der Waals surface area contributed by atoms with Crippen LogP contribution in [0.4, 0.5) is 22.0 Å². The van der Waals surface area contributed by atoms with Crippen LogP contribution in [0.5, 0.6) is 0 Å². The predicted octanol–water partition coefficient (Wildman–Crippen LogP) is 1.95. The maximum atomic E-state index is 12.2. The van der Waals surface area contributed by atoms with Crippen molar-refractivity contribution in [2.24, 2.45) is 7.05 Å². The molecular weight excluding hydrogens is 223 g/mol. The second kappa shape index (κ2) is 3.76. The normalized spacial score (nSPS) is 14.7. The summed E-state index contributed by atoms with van der Waals surface area (Å²) in [4.78, 5) is 0. The second-order valence-corrected chi connectivity index (χ2v) is 2.89. The molecule has 1 rings (SSSR count). The van der Waals surface area contributed by atoms with E-state index in [1.165, 1.54) is 7.05 Å². The van der Waals surface area contributed by atoms with Crippen molar-refractivity contribution in [2.45, 2.75) is 18.7 Å². The van der Waals surface area contributed by atoms with Gasteiger partial charge in [0.1, 0.15) is 5.69 Å². The molecule has 1 aromatic rings. The zero-order chi connectivity index (χ0) is 11.8. The second-order valence-electron chi connectivity index (χ2n) is 2.89. The Morgan fingerprint density at radius 2 is 1.93 bits per heavy atom. The number of alkyl halides is 5. The van der Waals surface area contributed by atoms with E-state index in [2.05, 4.69) is 5.10 Å². The van der Waals surface area contributed by atoms with Crippen molar-refractivity contribution in [1.82, 2.24) is 9.78 Å². The number of hydrogen-bond acceptors (Lipinski definition) is 2. The van der Waals surface area contributed by atoms with Crippen molar-refractivity contribution in [3.8, 4) is 0 Å². The molecule has 0 fully saturated rings. The molecule has 0 aliphatic carbocycles. The van der Waals surface area contributed by atoms with Gasteiger partial charge < -0.3 is 5.11 Å². The fourth-order valence-corrected chi connectivity index (χ4v) is 1.08. The summed E-state index contributed by atoms with van der Waals surface area (Å²) >= 11 is 0. The Hall–Kier alpha value is -1.18. The minimum Gasteiger partial charge on any atom is -0.379 e. The standard InChI is InChI=1S/C7H7F5N2O/c1-14-2-3(4(13-14)6(8)9)5(15)7(10,11)12/h2,5-6,15H,1H3.